The first kappa shape index (κ1) is 16.0. The fourth-order valence-corrected chi connectivity index (χ4v) is 4.02. The Morgan fingerprint density at radius 1 is 1.31 bits per heavy atom. The van der Waals surface area contributed by atoms with Crippen LogP contribution in [0.1, 0.15) is 52.1 Å². The quantitative estimate of drug-likeness (QED) is 0.845. The first-order chi connectivity index (χ1) is 12.6. The molecule has 2 aliphatic heterocycles. The maximum Gasteiger partial charge on any atom is 0.275 e. The Labute approximate surface area is 151 Å². The maximum atomic E-state index is 13.1. The number of carbonyl (C=O) groups excluding carboxylic acids is 1. The highest BCUT2D eigenvalue weighted by molar-refractivity contribution is 5.94. The Kier molecular flexibility index (Phi) is 3.65. The first-order valence-corrected chi connectivity index (χ1v) is 9.39. The average Bonchev–Trinajstić information content (AvgIpc) is 3.27. The second-order valence-corrected chi connectivity index (χ2v) is 7.81. The molecule has 5 rings (SSSR count). The summed E-state index contributed by atoms with van der Waals surface area (Å²) in [6, 6.07) is 1.95. The second-order valence-electron chi connectivity index (χ2n) is 7.81. The number of amides is 1. The second kappa shape index (κ2) is 5.92. The third-order valence-electron chi connectivity index (χ3n) is 5.80. The molecule has 0 aromatic carbocycles. The fraction of sp³-hybridized carbons (Fsp3) is 0.611. The Morgan fingerprint density at radius 3 is 2.96 bits per heavy atom. The molecule has 3 aliphatic rings. The Bertz CT molecular complexity index is 852. The van der Waals surface area contributed by atoms with Crippen LogP contribution in [0.3, 0.4) is 0 Å². The van der Waals surface area contributed by atoms with Gasteiger partial charge in [-0.15, -0.1) is 0 Å². The van der Waals surface area contributed by atoms with Gasteiger partial charge in [-0.25, -0.2) is 0 Å². The summed E-state index contributed by atoms with van der Waals surface area (Å²) in [5, 5.41) is 22.2. The van der Waals surface area contributed by atoms with Crippen LogP contribution in [-0.2, 0) is 26.1 Å². The zero-order valence-corrected chi connectivity index (χ0v) is 15.0. The van der Waals surface area contributed by atoms with Gasteiger partial charge in [-0.2, -0.15) is 10.2 Å². The molecule has 26 heavy (non-hydrogen) atoms. The summed E-state index contributed by atoms with van der Waals surface area (Å²) in [5.74, 6) is 0.340. The number of rotatable bonds is 3. The van der Waals surface area contributed by atoms with E-state index >= 15 is 0 Å². The van der Waals surface area contributed by atoms with Crippen molar-refractivity contribution in [2.45, 2.75) is 45.0 Å². The van der Waals surface area contributed by atoms with E-state index in [0.29, 0.717) is 31.2 Å². The molecule has 0 spiro atoms. The summed E-state index contributed by atoms with van der Waals surface area (Å²) < 4.78 is 1.93. The SMILES string of the molecule is CN1CCc2[nH]nc(C(=O)N3CCn4nc(C(O)C5CC5)cc4C3)c2C1. The Balaban J connectivity index is 1.36. The number of aromatic amines is 1. The molecule has 1 amide bonds. The van der Waals surface area contributed by atoms with Gasteiger partial charge in [-0.1, -0.05) is 0 Å². The van der Waals surface area contributed by atoms with Gasteiger partial charge < -0.3 is 14.9 Å². The number of nitrogens with one attached hydrogen (secondary N) is 1. The summed E-state index contributed by atoms with van der Waals surface area (Å²) in [7, 11) is 2.07. The number of hydrogen-bond donors (Lipinski definition) is 2. The van der Waals surface area contributed by atoms with E-state index in [4.69, 9.17) is 0 Å². The van der Waals surface area contributed by atoms with Gasteiger partial charge >= 0.3 is 0 Å². The number of aromatic nitrogens is 4. The molecule has 0 bridgehead atoms. The predicted octanol–water partition coefficient (Wildman–Crippen LogP) is 0.693. The van der Waals surface area contributed by atoms with Crippen LogP contribution < -0.4 is 0 Å². The molecule has 138 valence electrons. The van der Waals surface area contributed by atoms with Crippen LogP contribution >= 0.6 is 0 Å². The molecule has 0 saturated heterocycles. The number of nitrogens with zero attached hydrogens (tertiary/aromatic N) is 5. The van der Waals surface area contributed by atoms with Crippen molar-refractivity contribution < 1.29 is 9.90 Å². The number of aliphatic hydroxyl groups is 1. The van der Waals surface area contributed by atoms with Crippen LogP contribution in [0.4, 0.5) is 0 Å². The molecule has 1 saturated carbocycles. The van der Waals surface area contributed by atoms with Crippen LogP contribution in [0, 0.1) is 5.92 Å². The van der Waals surface area contributed by atoms with Crippen LogP contribution in [0.5, 0.6) is 0 Å². The van der Waals surface area contributed by atoms with Gasteiger partial charge in [0.2, 0.25) is 0 Å². The third kappa shape index (κ3) is 2.64. The van der Waals surface area contributed by atoms with Gasteiger partial charge in [0.15, 0.2) is 5.69 Å². The summed E-state index contributed by atoms with van der Waals surface area (Å²) in [5.41, 5.74) is 4.41. The number of carbonyl (C=O) groups is 1. The lowest BCUT2D eigenvalue weighted by atomic mass is 10.0. The van der Waals surface area contributed by atoms with Crippen LogP contribution in [0.15, 0.2) is 6.07 Å². The molecule has 1 atom stereocenters. The number of fused-ring (bicyclic) bond motifs is 2. The fourth-order valence-electron chi connectivity index (χ4n) is 4.02. The van der Waals surface area contributed by atoms with E-state index in [1.165, 1.54) is 0 Å². The lowest BCUT2D eigenvalue weighted by molar-refractivity contribution is 0.0697. The average molecular weight is 356 g/mol. The van der Waals surface area contributed by atoms with E-state index in [2.05, 4.69) is 27.2 Å². The van der Waals surface area contributed by atoms with Gasteiger partial charge in [-0.3, -0.25) is 14.6 Å². The molecule has 8 heteroatoms. The van der Waals surface area contributed by atoms with Crippen molar-refractivity contribution in [1.29, 1.82) is 0 Å². The summed E-state index contributed by atoms with van der Waals surface area (Å²) in [4.78, 5) is 17.1. The van der Waals surface area contributed by atoms with Crippen molar-refractivity contribution in [2.24, 2.45) is 5.92 Å². The van der Waals surface area contributed by atoms with Crippen molar-refractivity contribution in [3.8, 4) is 0 Å². The van der Waals surface area contributed by atoms with Crippen LogP contribution in [0.2, 0.25) is 0 Å². The lowest BCUT2D eigenvalue weighted by Crippen LogP contribution is -2.39. The monoisotopic (exact) mass is 356 g/mol. The minimum absolute atomic E-state index is 0.0189. The molecule has 2 aromatic heterocycles. The Hall–Kier alpha value is -2.19. The summed E-state index contributed by atoms with van der Waals surface area (Å²) in [6.45, 7) is 3.53. The van der Waals surface area contributed by atoms with Gasteiger partial charge in [0, 0.05) is 37.3 Å². The van der Waals surface area contributed by atoms with E-state index in [0.717, 1.165) is 55.0 Å². The number of H-pyrrole nitrogens is 1. The minimum Gasteiger partial charge on any atom is -0.386 e. The van der Waals surface area contributed by atoms with Gasteiger partial charge in [0.1, 0.15) is 6.10 Å². The molecule has 8 nitrogen and oxygen atoms in total. The standard InChI is InChI=1S/C18H24N6O2/c1-22-5-4-14-13(10-22)16(20-19-14)18(26)23-6-7-24-12(9-23)8-15(21-24)17(25)11-2-3-11/h8,11,17,25H,2-7,9-10H2,1H3,(H,19,20). The molecular weight excluding hydrogens is 332 g/mol. The van der Waals surface area contributed by atoms with Crippen molar-refractivity contribution >= 4 is 5.91 Å². The molecule has 0 radical (unpaired) electrons. The van der Waals surface area contributed by atoms with E-state index in [9.17, 15) is 9.90 Å². The predicted molar refractivity (Wildman–Crippen MR) is 93.3 cm³/mol. The van der Waals surface area contributed by atoms with Crippen LogP contribution in [0.25, 0.3) is 0 Å². The highest BCUT2D eigenvalue weighted by Crippen LogP contribution is 2.40. The molecule has 2 N–H and O–H groups in total. The van der Waals surface area contributed by atoms with E-state index in [1.807, 2.05) is 15.6 Å². The molecule has 1 aliphatic carbocycles. The Morgan fingerprint density at radius 2 is 2.15 bits per heavy atom. The maximum absolute atomic E-state index is 13.1. The van der Waals surface area contributed by atoms with Crippen molar-refractivity contribution in [2.75, 3.05) is 20.1 Å². The van der Waals surface area contributed by atoms with E-state index in [-0.39, 0.29) is 5.91 Å². The highest BCUT2D eigenvalue weighted by atomic mass is 16.3. The smallest absolute Gasteiger partial charge is 0.275 e. The molecule has 2 aromatic rings. The zero-order chi connectivity index (χ0) is 17.8. The molecule has 1 unspecified atom stereocenters. The topological polar surface area (TPSA) is 90.3 Å². The minimum atomic E-state index is -0.467. The summed E-state index contributed by atoms with van der Waals surface area (Å²) in [6.07, 6.45) is 2.59. The van der Waals surface area contributed by atoms with E-state index in [1.54, 1.807) is 0 Å². The van der Waals surface area contributed by atoms with Crippen molar-refractivity contribution in [1.82, 2.24) is 29.8 Å². The van der Waals surface area contributed by atoms with Gasteiger partial charge in [0.05, 0.1) is 24.5 Å². The number of likely N-dealkylation sites (N-methyl/N-ethyl adjacent to an activating group) is 1. The third-order valence-corrected chi connectivity index (χ3v) is 5.80. The van der Waals surface area contributed by atoms with Crippen LogP contribution in [-0.4, -0.2) is 60.9 Å². The lowest BCUT2D eigenvalue weighted by Gasteiger charge is -2.28. The number of hydrogen-bond acceptors (Lipinski definition) is 5. The molecule has 4 heterocycles. The molecular formula is C18H24N6O2. The first-order valence-electron chi connectivity index (χ1n) is 9.39. The van der Waals surface area contributed by atoms with Crippen molar-refractivity contribution in [3.63, 3.8) is 0 Å². The molecule has 1 fully saturated rings. The number of aliphatic hydroxyl groups excluding tert-OH is 1. The largest absolute Gasteiger partial charge is 0.386 e. The normalized spacial score (nSPS) is 21.4. The summed E-state index contributed by atoms with van der Waals surface area (Å²) >= 11 is 0. The van der Waals surface area contributed by atoms with Crippen molar-refractivity contribution in [3.05, 3.63) is 34.4 Å². The van der Waals surface area contributed by atoms with Gasteiger partial charge in [0.25, 0.3) is 5.91 Å². The van der Waals surface area contributed by atoms with E-state index < -0.39 is 6.10 Å². The zero-order valence-electron chi connectivity index (χ0n) is 15.0. The van der Waals surface area contributed by atoms with Gasteiger partial charge in [-0.05, 0) is 31.9 Å². The highest BCUT2D eigenvalue weighted by Gasteiger charge is 2.34.